The highest BCUT2D eigenvalue weighted by molar-refractivity contribution is 7.53. The van der Waals surface area contributed by atoms with Crippen molar-refractivity contribution in [2.24, 2.45) is 5.41 Å². The van der Waals surface area contributed by atoms with Crippen LogP contribution in [0.25, 0.3) is 5.57 Å². The molecule has 0 bridgehead atoms. The normalized spacial score (nSPS) is 23.7. The number of carbonyl (C=O) groups is 1. The molecule has 0 spiro atoms. The number of hydrogen-bond donors (Lipinski definition) is 3. The Morgan fingerprint density at radius 2 is 1.90 bits per heavy atom. The zero-order valence-corrected chi connectivity index (χ0v) is 17.5. The van der Waals surface area contributed by atoms with Gasteiger partial charge in [0.15, 0.2) is 5.34 Å². The number of fused-ring (bicyclic) bond motifs is 1. The van der Waals surface area contributed by atoms with Crippen molar-refractivity contribution in [1.29, 1.82) is 0 Å². The first-order valence-corrected chi connectivity index (χ1v) is 11.1. The Kier molecular flexibility index (Phi) is 5.24. The Bertz CT molecular complexity index is 964. The lowest BCUT2D eigenvalue weighted by Crippen LogP contribution is -2.48. The number of benzene rings is 1. The molecular weight excluding hydrogens is 399 g/mol. The van der Waals surface area contributed by atoms with Gasteiger partial charge in [0.1, 0.15) is 5.56 Å². The number of rotatable bonds is 5. The van der Waals surface area contributed by atoms with Crippen LogP contribution >= 0.6 is 7.60 Å². The summed E-state index contributed by atoms with van der Waals surface area (Å²) in [4.78, 5) is 44.5. The summed E-state index contributed by atoms with van der Waals surface area (Å²) >= 11 is 0. The van der Waals surface area contributed by atoms with Gasteiger partial charge in [0, 0.05) is 25.1 Å². The van der Waals surface area contributed by atoms with Crippen molar-refractivity contribution in [2.45, 2.75) is 51.4 Å². The van der Waals surface area contributed by atoms with Gasteiger partial charge >= 0.3 is 7.60 Å². The van der Waals surface area contributed by atoms with Crippen LogP contribution < -0.4 is 0 Å². The van der Waals surface area contributed by atoms with Gasteiger partial charge in [-0.05, 0) is 48.4 Å². The molecule has 29 heavy (non-hydrogen) atoms. The van der Waals surface area contributed by atoms with Gasteiger partial charge < -0.3 is 19.8 Å². The van der Waals surface area contributed by atoms with Gasteiger partial charge in [0.2, 0.25) is 0 Å². The number of allylic oxidation sites excluding steroid dienone is 1. The summed E-state index contributed by atoms with van der Waals surface area (Å²) in [6, 6.07) is 2.89. The summed E-state index contributed by atoms with van der Waals surface area (Å²) < 4.78 is 12.2. The van der Waals surface area contributed by atoms with Crippen LogP contribution in [-0.4, -0.2) is 43.0 Å². The van der Waals surface area contributed by atoms with E-state index in [1.54, 1.807) is 33.0 Å². The van der Waals surface area contributed by atoms with Crippen LogP contribution in [0.15, 0.2) is 18.2 Å². The van der Waals surface area contributed by atoms with Crippen LogP contribution in [0.3, 0.4) is 0 Å². The first kappa shape index (κ1) is 21.6. The van der Waals surface area contributed by atoms with Crippen molar-refractivity contribution in [2.75, 3.05) is 7.05 Å². The molecule has 0 radical (unpaired) electrons. The molecule has 0 fully saturated rings. The van der Waals surface area contributed by atoms with E-state index >= 15 is 0 Å². The quantitative estimate of drug-likeness (QED) is 0.375. The van der Waals surface area contributed by atoms with Gasteiger partial charge in [0.25, 0.3) is 11.6 Å². The zero-order valence-electron chi connectivity index (χ0n) is 16.6. The Labute approximate surface area is 168 Å². The topological polar surface area (TPSA) is 141 Å². The monoisotopic (exact) mass is 424 g/mol. The minimum absolute atomic E-state index is 0.0605. The molecule has 158 valence electrons. The number of nitro groups is 1. The summed E-state index contributed by atoms with van der Waals surface area (Å²) in [6.07, 6.45) is 2.37. The smallest absolute Gasteiger partial charge is 0.357 e. The van der Waals surface area contributed by atoms with Gasteiger partial charge in [-0.25, -0.2) is 0 Å². The Balaban J connectivity index is 2.22. The maximum absolute atomic E-state index is 12.5. The second-order valence-corrected chi connectivity index (χ2v) is 9.63. The number of amides is 1. The summed E-state index contributed by atoms with van der Waals surface area (Å²) in [5.41, 5.74) is 0.593. The fourth-order valence-electron chi connectivity index (χ4n) is 4.74. The zero-order chi connectivity index (χ0) is 21.8. The van der Waals surface area contributed by atoms with Crippen LogP contribution in [0.5, 0.6) is 0 Å². The molecule has 9 nitrogen and oxygen atoms in total. The van der Waals surface area contributed by atoms with E-state index in [9.17, 15) is 34.4 Å². The van der Waals surface area contributed by atoms with E-state index in [-0.39, 0.29) is 30.6 Å². The van der Waals surface area contributed by atoms with E-state index in [1.807, 2.05) is 0 Å². The summed E-state index contributed by atoms with van der Waals surface area (Å²) in [7, 11) is -3.25. The maximum Gasteiger partial charge on any atom is 0.357 e. The van der Waals surface area contributed by atoms with E-state index < -0.39 is 29.2 Å². The minimum Gasteiger partial charge on any atom is -0.377 e. The van der Waals surface area contributed by atoms with Gasteiger partial charge in [0.05, 0.1) is 4.92 Å². The Morgan fingerprint density at radius 1 is 1.28 bits per heavy atom. The molecule has 1 heterocycles. The van der Waals surface area contributed by atoms with Crippen LogP contribution in [0.2, 0.25) is 0 Å². The molecule has 1 atom stereocenters. The molecule has 0 saturated carbocycles. The minimum atomic E-state index is -4.82. The lowest BCUT2D eigenvalue weighted by atomic mass is 9.68. The largest absolute Gasteiger partial charge is 0.377 e. The number of nitro benzene ring substituents is 1. The highest BCUT2D eigenvalue weighted by Gasteiger charge is 2.59. The first-order chi connectivity index (χ1) is 13.4. The molecule has 3 N–H and O–H groups in total. The van der Waals surface area contributed by atoms with E-state index in [4.69, 9.17) is 0 Å². The molecule has 1 amide bonds. The Morgan fingerprint density at radius 3 is 2.41 bits per heavy atom. The van der Waals surface area contributed by atoms with E-state index in [1.165, 1.54) is 11.0 Å². The molecular formula is C19H25N2O7P. The molecule has 2 aliphatic rings. The fraction of sp³-hybridized carbons (Fsp3) is 0.526. The molecule has 1 aliphatic heterocycles. The standard InChI is InChI=1S/C19H25N2O7P/c1-4-18(5-2)10-12(8-9-19(18,23)29(26,27)28)13-6-7-15(21(24)25)16-14(13)11-20(3)17(16)22/h6-7,10,23H,4-5,8-9,11H2,1-3H3,(H2,26,27,28). The van der Waals surface area contributed by atoms with Crippen molar-refractivity contribution < 1.29 is 29.2 Å². The van der Waals surface area contributed by atoms with Crippen LogP contribution in [0, 0.1) is 15.5 Å². The van der Waals surface area contributed by atoms with Crippen molar-refractivity contribution in [3.05, 3.63) is 45.0 Å². The summed E-state index contributed by atoms with van der Waals surface area (Å²) in [5.74, 6) is -0.422. The molecule has 3 rings (SSSR count). The lowest BCUT2D eigenvalue weighted by Gasteiger charge is -2.48. The molecule has 0 aromatic heterocycles. The fourth-order valence-corrected chi connectivity index (χ4v) is 6.10. The van der Waals surface area contributed by atoms with Crippen molar-refractivity contribution >= 4 is 24.8 Å². The third-order valence-electron chi connectivity index (χ3n) is 6.52. The van der Waals surface area contributed by atoms with Gasteiger partial charge in [-0.2, -0.15) is 0 Å². The molecule has 1 aromatic carbocycles. The first-order valence-electron chi connectivity index (χ1n) is 9.48. The molecule has 1 aliphatic carbocycles. The van der Waals surface area contributed by atoms with Gasteiger partial charge in [-0.15, -0.1) is 0 Å². The average Bonchev–Trinajstić information content (AvgIpc) is 2.95. The molecule has 1 unspecified atom stereocenters. The third kappa shape index (κ3) is 3.04. The number of carbonyl (C=O) groups excluding carboxylic acids is 1. The number of aliphatic hydroxyl groups is 1. The van der Waals surface area contributed by atoms with E-state index in [0.717, 1.165) is 5.57 Å². The van der Waals surface area contributed by atoms with Crippen LogP contribution in [0.1, 0.15) is 61.0 Å². The molecule has 1 aromatic rings. The van der Waals surface area contributed by atoms with E-state index in [2.05, 4.69) is 0 Å². The maximum atomic E-state index is 12.5. The van der Waals surface area contributed by atoms with Gasteiger partial charge in [-0.3, -0.25) is 19.5 Å². The third-order valence-corrected chi connectivity index (χ3v) is 8.16. The lowest BCUT2D eigenvalue weighted by molar-refractivity contribution is -0.385. The Hall–Kier alpha value is -2.06. The molecule has 10 heteroatoms. The molecule has 0 saturated heterocycles. The SMILES string of the molecule is CCC1(CC)C=C(c2ccc([N+](=O)[O-])c3c2CN(C)C3=O)CCC1(O)P(=O)(O)O. The van der Waals surface area contributed by atoms with Crippen molar-refractivity contribution in [3.8, 4) is 0 Å². The number of nitrogens with zero attached hydrogens (tertiary/aromatic N) is 2. The van der Waals surface area contributed by atoms with Crippen LogP contribution in [0.4, 0.5) is 5.69 Å². The predicted octanol–water partition coefficient (Wildman–Crippen LogP) is 3.03. The average molecular weight is 424 g/mol. The van der Waals surface area contributed by atoms with Crippen molar-refractivity contribution in [1.82, 2.24) is 4.90 Å². The summed E-state index contributed by atoms with van der Waals surface area (Å²) in [5, 5.41) is 20.2. The second-order valence-electron chi connectivity index (χ2n) is 7.80. The second kappa shape index (κ2) is 7.02. The van der Waals surface area contributed by atoms with Crippen molar-refractivity contribution in [3.63, 3.8) is 0 Å². The summed E-state index contributed by atoms with van der Waals surface area (Å²) in [6.45, 7) is 3.75. The van der Waals surface area contributed by atoms with Gasteiger partial charge in [-0.1, -0.05) is 19.9 Å². The highest BCUT2D eigenvalue weighted by atomic mass is 31.2. The predicted molar refractivity (Wildman–Crippen MR) is 106 cm³/mol. The number of hydrogen-bond acceptors (Lipinski definition) is 5. The van der Waals surface area contributed by atoms with E-state index in [0.29, 0.717) is 24.0 Å². The highest BCUT2D eigenvalue weighted by Crippen LogP contribution is 2.65. The van der Waals surface area contributed by atoms with Crippen LogP contribution in [-0.2, 0) is 11.1 Å².